The second-order valence-electron chi connectivity index (χ2n) is 4.97. The van der Waals surface area contributed by atoms with Crippen molar-refractivity contribution in [3.05, 3.63) is 35.6 Å². The normalized spacial score (nSPS) is 29.1. The van der Waals surface area contributed by atoms with E-state index in [4.69, 9.17) is 0 Å². The van der Waals surface area contributed by atoms with E-state index >= 15 is 0 Å². The van der Waals surface area contributed by atoms with Gasteiger partial charge in [0.15, 0.2) is 5.17 Å². The van der Waals surface area contributed by atoms with Gasteiger partial charge in [0, 0.05) is 17.4 Å². The molecule has 1 heterocycles. The van der Waals surface area contributed by atoms with Crippen molar-refractivity contribution in [3.63, 3.8) is 0 Å². The van der Waals surface area contributed by atoms with Crippen LogP contribution in [0.3, 0.4) is 0 Å². The van der Waals surface area contributed by atoms with Gasteiger partial charge in [-0.25, -0.2) is 4.39 Å². The largest absolute Gasteiger partial charge is 0.362 e. The van der Waals surface area contributed by atoms with Gasteiger partial charge in [-0.2, -0.15) is 0 Å². The number of hydrogen-bond donors (Lipinski definition) is 1. The van der Waals surface area contributed by atoms with E-state index < -0.39 is 0 Å². The van der Waals surface area contributed by atoms with Crippen LogP contribution in [0.5, 0.6) is 0 Å². The van der Waals surface area contributed by atoms with E-state index in [0.29, 0.717) is 18.2 Å². The second kappa shape index (κ2) is 5.31. The lowest BCUT2D eigenvalue weighted by molar-refractivity contribution is 0.489. The van der Waals surface area contributed by atoms with Crippen LogP contribution in [-0.2, 0) is 6.54 Å². The molecule has 18 heavy (non-hydrogen) atoms. The minimum absolute atomic E-state index is 0.165. The van der Waals surface area contributed by atoms with E-state index in [1.165, 1.54) is 25.3 Å². The first-order valence-electron chi connectivity index (χ1n) is 6.50. The lowest BCUT2D eigenvalue weighted by Gasteiger charge is -2.28. The van der Waals surface area contributed by atoms with E-state index in [9.17, 15) is 4.39 Å². The van der Waals surface area contributed by atoms with Crippen LogP contribution in [0.1, 0.15) is 24.8 Å². The van der Waals surface area contributed by atoms with Gasteiger partial charge in [0.2, 0.25) is 0 Å². The summed E-state index contributed by atoms with van der Waals surface area (Å²) in [6, 6.07) is 7.45. The molecule has 2 unspecified atom stereocenters. The average molecular weight is 264 g/mol. The molecule has 1 saturated carbocycles. The molecule has 0 radical (unpaired) electrons. The van der Waals surface area contributed by atoms with Crippen LogP contribution in [0.2, 0.25) is 0 Å². The summed E-state index contributed by atoms with van der Waals surface area (Å²) in [5.41, 5.74) is 0.668. The van der Waals surface area contributed by atoms with Crippen molar-refractivity contribution in [3.8, 4) is 0 Å². The number of nitrogens with zero attached hydrogens (tertiary/aromatic N) is 1. The molecular weight excluding hydrogens is 247 g/mol. The third kappa shape index (κ3) is 2.53. The maximum atomic E-state index is 13.5. The third-order valence-electron chi connectivity index (χ3n) is 3.75. The van der Waals surface area contributed by atoms with E-state index in [1.807, 2.05) is 6.07 Å². The van der Waals surface area contributed by atoms with Gasteiger partial charge in [-0.15, -0.1) is 0 Å². The Morgan fingerprint density at radius 2 is 2.22 bits per heavy atom. The van der Waals surface area contributed by atoms with Crippen LogP contribution < -0.4 is 5.32 Å². The first-order chi connectivity index (χ1) is 8.83. The minimum Gasteiger partial charge on any atom is -0.362 e. The molecule has 4 heteroatoms. The molecule has 2 atom stereocenters. The summed E-state index contributed by atoms with van der Waals surface area (Å²) in [7, 11) is 0. The summed E-state index contributed by atoms with van der Waals surface area (Å²) in [5.74, 6) is 1.80. The number of nitrogens with one attached hydrogen (secondary N) is 1. The maximum absolute atomic E-state index is 13.5. The zero-order valence-electron chi connectivity index (χ0n) is 10.2. The van der Waals surface area contributed by atoms with Gasteiger partial charge in [0.25, 0.3) is 0 Å². The van der Waals surface area contributed by atoms with E-state index in [2.05, 4.69) is 10.3 Å². The summed E-state index contributed by atoms with van der Waals surface area (Å²) in [6.45, 7) is 0.430. The van der Waals surface area contributed by atoms with Gasteiger partial charge in [-0.3, -0.25) is 4.99 Å². The van der Waals surface area contributed by atoms with Crippen molar-refractivity contribution in [2.75, 3.05) is 5.75 Å². The van der Waals surface area contributed by atoms with Crippen molar-refractivity contribution in [1.29, 1.82) is 0 Å². The maximum Gasteiger partial charge on any atom is 0.157 e. The number of thioether (sulfide) groups is 1. The van der Waals surface area contributed by atoms with Crippen molar-refractivity contribution in [1.82, 2.24) is 5.32 Å². The Balaban J connectivity index is 1.65. The molecule has 1 N–H and O–H groups in total. The molecule has 2 nitrogen and oxygen atoms in total. The number of benzene rings is 1. The van der Waals surface area contributed by atoms with E-state index in [0.717, 1.165) is 16.8 Å². The molecule has 96 valence electrons. The highest BCUT2D eigenvalue weighted by Gasteiger charge is 2.31. The monoisotopic (exact) mass is 264 g/mol. The highest BCUT2D eigenvalue weighted by molar-refractivity contribution is 8.13. The van der Waals surface area contributed by atoms with E-state index in [1.54, 1.807) is 23.9 Å². The molecule has 1 aliphatic heterocycles. The lowest BCUT2D eigenvalue weighted by atomic mass is 10.1. The topological polar surface area (TPSA) is 24.4 Å². The van der Waals surface area contributed by atoms with Gasteiger partial charge >= 0.3 is 0 Å². The fraction of sp³-hybridized carbons (Fsp3) is 0.500. The molecular formula is C14H17FN2S. The van der Waals surface area contributed by atoms with Crippen molar-refractivity contribution in [2.24, 2.45) is 10.9 Å². The molecule has 2 aliphatic rings. The number of aliphatic imine (C=N–C) groups is 1. The van der Waals surface area contributed by atoms with Crippen LogP contribution in [-0.4, -0.2) is 17.0 Å². The van der Waals surface area contributed by atoms with Crippen LogP contribution >= 0.6 is 11.8 Å². The molecule has 0 bridgehead atoms. The molecule has 1 aliphatic carbocycles. The smallest absolute Gasteiger partial charge is 0.157 e. The molecule has 1 saturated heterocycles. The number of rotatable bonds is 2. The fourth-order valence-corrected chi connectivity index (χ4v) is 3.85. The second-order valence-corrected chi connectivity index (χ2v) is 5.97. The Kier molecular flexibility index (Phi) is 3.55. The zero-order chi connectivity index (χ0) is 12.4. The summed E-state index contributed by atoms with van der Waals surface area (Å²) in [5, 5.41) is 4.48. The molecule has 1 aromatic carbocycles. The van der Waals surface area contributed by atoms with Crippen LogP contribution in [0, 0.1) is 11.7 Å². The quantitative estimate of drug-likeness (QED) is 0.887. The van der Waals surface area contributed by atoms with Gasteiger partial charge in [-0.05, 0) is 24.8 Å². The molecule has 1 aromatic rings. The Labute approximate surface area is 111 Å². The number of halogens is 1. The van der Waals surface area contributed by atoms with Gasteiger partial charge in [0.1, 0.15) is 5.82 Å². The molecule has 2 fully saturated rings. The SMILES string of the molecule is Fc1ccccc1CN=C1NC2CCCC2CS1. The van der Waals surface area contributed by atoms with Crippen LogP contribution in [0.15, 0.2) is 29.3 Å². The highest BCUT2D eigenvalue weighted by atomic mass is 32.2. The van der Waals surface area contributed by atoms with Crippen molar-refractivity contribution >= 4 is 16.9 Å². The Bertz CT molecular complexity index is 461. The number of hydrogen-bond acceptors (Lipinski definition) is 2. The Morgan fingerprint density at radius 3 is 3.11 bits per heavy atom. The van der Waals surface area contributed by atoms with Crippen molar-refractivity contribution in [2.45, 2.75) is 31.8 Å². The number of amidine groups is 1. The lowest BCUT2D eigenvalue weighted by Crippen LogP contribution is -2.41. The highest BCUT2D eigenvalue weighted by Crippen LogP contribution is 2.32. The molecule has 0 aromatic heterocycles. The minimum atomic E-state index is -0.165. The zero-order valence-corrected chi connectivity index (χ0v) is 11.0. The van der Waals surface area contributed by atoms with E-state index in [-0.39, 0.29) is 5.82 Å². The first-order valence-corrected chi connectivity index (χ1v) is 7.48. The molecule has 0 amide bonds. The Hall–Kier alpha value is -1.03. The summed E-state index contributed by atoms with van der Waals surface area (Å²) < 4.78 is 13.5. The summed E-state index contributed by atoms with van der Waals surface area (Å²) in [6.07, 6.45) is 3.92. The summed E-state index contributed by atoms with van der Waals surface area (Å²) in [4.78, 5) is 4.50. The Morgan fingerprint density at radius 1 is 1.33 bits per heavy atom. The predicted molar refractivity (Wildman–Crippen MR) is 74.3 cm³/mol. The predicted octanol–water partition coefficient (Wildman–Crippen LogP) is 3.19. The van der Waals surface area contributed by atoms with Crippen LogP contribution in [0.25, 0.3) is 0 Å². The molecule has 0 spiro atoms. The number of fused-ring (bicyclic) bond motifs is 1. The summed E-state index contributed by atoms with van der Waals surface area (Å²) >= 11 is 1.78. The van der Waals surface area contributed by atoms with Gasteiger partial charge in [-0.1, -0.05) is 36.4 Å². The van der Waals surface area contributed by atoms with Crippen molar-refractivity contribution < 1.29 is 4.39 Å². The first kappa shape index (κ1) is 12.0. The fourth-order valence-electron chi connectivity index (χ4n) is 2.69. The molecule has 3 rings (SSSR count). The van der Waals surface area contributed by atoms with Gasteiger partial charge in [0.05, 0.1) is 6.54 Å². The van der Waals surface area contributed by atoms with Gasteiger partial charge < -0.3 is 5.32 Å². The third-order valence-corrected chi connectivity index (χ3v) is 4.87. The van der Waals surface area contributed by atoms with Crippen LogP contribution in [0.4, 0.5) is 4.39 Å². The average Bonchev–Trinajstić information content (AvgIpc) is 2.85. The standard InChI is InChI=1S/C14H17FN2S/c15-12-6-2-1-4-10(12)8-16-14-17-13-7-3-5-11(13)9-18-14/h1-2,4,6,11,13H,3,5,7-9H2,(H,16,17).